The van der Waals surface area contributed by atoms with Crippen LogP contribution in [-0.4, -0.2) is 34.3 Å². The normalized spacial score (nSPS) is 14.8. The molecule has 1 saturated heterocycles. The molecule has 1 atom stereocenters. The summed E-state index contributed by atoms with van der Waals surface area (Å²) >= 11 is 0. The SMILES string of the molecule is Cc1ccc([C@H](CC(=O)O)NC(=O)c2cccc(CN3CCCC3=O)c2)cc1. The number of carboxylic acid groups (broad SMARTS) is 1. The zero-order valence-electron chi connectivity index (χ0n) is 15.9. The molecule has 0 bridgehead atoms. The van der Waals surface area contributed by atoms with Crippen LogP contribution in [0.15, 0.2) is 48.5 Å². The molecular weight excluding hydrogens is 356 g/mol. The van der Waals surface area contributed by atoms with Crippen LogP contribution in [0.4, 0.5) is 0 Å². The minimum atomic E-state index is -0.979. The van der Waals surface area contributed by atoms with E-state index in [9.17, 15) is 19.5 Å². The van der Waals surface area contributed by atoms with Crippen molar-refractivity contribution >= 4 is 17.8 Å². The molecule has 3 rings (SSSR count). The van der Waals surface area contributed by atoms with Crippen molar-refractivity contribution in [1.29, 1.82) is 0 Å². The Morgan fingerprint density at radius 1 is 1.18 bits per heavy atom. The Morgan fingerprint density at radius 2 is 1.93 bits per heavy atom. The number of benzene rings is 2. The van der Waals surface area contributed by atoms with E-state index in [0.717, 1.165) is 29.7 Å². The van der Waals surface area contributed by atoms with Crippen molar-refractivity contribution in [2.45, 2.75) is 38.8 Å². The van der Waals surface area contributed by atoms with E-state index in [2.05, 4.69) is 5.32 Å². The Balaban J connectivity index is 1.74. The van der Waals surface area contributed by atoms with Gasteiger partial charge in [0.15, 0.2) is 0 Å². The highest BCUT2D eigenvalue weighted by Gasteiger charge is 2.21. The first-order valence-corrected chi connectivity index (χ1v) is 9.38. The lowest BCUT2D eigenvalue weighted by atomic mass is 10.0. The van der Waals surface area contributed by atoms with Crippen molar-refractivity contribution < 1.29 is 19.5 Å². The summed E-state index contributed by atoms with van der Waals surface area (Å²) in [4.78, 5) is 37.6. The highest BCUT2D eigenvalue weighted by atomic mass is 16.4. The van der Waals surface area contributed by atoms with Gasteiger partial charge in [0.05, 0.1) is 12.5 Å². The first-order valence-electron chi connectivity index (χ1n) is 9.38. The van der Waals surface area contributed by atoms with E-state index < -0.39 is 12.0 Å². The standard InChI is InChI=1S/C22H24N2O4/c1-15-7-9-17(10-8-15)19(13-21(26)27)23-22(28)18-5-2-4-16(12-18)14-24-11-3-6-20(24)25/h2,4-5,7-10,12,19H,3,6,11,13-14H2,1H3,(H,23,28)(H,26,27)/t19-/m0/s1. The topological polar surface area (TPSA) is 86.7 Å². The summed E-state index contributed by atoms with van der Waals surface area (Å²) in [7, 11) is 0. The minimum absolute atomic E-state index is 0.135. The number of hydrogen-bond acceptors (Lipinski definition) is 3. The van der Waals surface area contributed by atoms with Crippen molar-refractivity contribution in [1.82, 2.24) is 10.2 Å². The van der Waals surface area contributed by atoms with Crippen LogP contribution in [0.5, 0.6) is 0 Å². The lowest BCUT2D eigenvalue weighted by Gasteiger charge is -2.19. The van der Waals surface area contributed by atoms with Crippen molar-refractivity contribution in [3.05, 3.63) is 70.8 Å². The van der Waals surface area contributed by atoms with E-state index in [1.165, 1.54) is 0 Å². The van der Waals surface area contributed by atoms with Gasteiger partial charge in [-0.25, -0.2) is 0 Å². The Labute approximate surface area is 164 Å². The highest BCUT2D eigenvalue weighted by Crippen LogP contribution is 2.20. The molecule has 0 unspecified atom stereocenters. The zero-order valence-corrected chi connectivity index (χ0v) is 15.9. The van der Waals surface area contributed by atoms with Gasteiger partial charge < -0.3 is 15.3 Å². The molecule has 0 saturated carbocycles. The second-order valence-corrected chi connectivity index (χ2v) is 7.15. The number of aliphatic carboxylic acids is 1. The van der Waals surface area contributed by atoms with E-state index in [-0.39, 0.29) is 18.2 Å². The summed E-state index contributed by atoms with van der Waals surface area (Å²) in [6.45, 7) is 3.17. The minimum Gasteiger partial charge on any atom is -0.481 e. The molecule has 2 aromatic rings. The summed E-state index contributed by atoms with van der Waals surface area (Å²) < 4.78 is 0. The fourth-order valence-corrected chi connectivity index (χ4v) is 3.37. The average Bonchev–Trinajstić information content (AvgIpc) is 3.06. The maximum absolute atomic E-state index is 12.7. The molecule has 1 aliphatic heterocycles. The third-order valence-electron chi connectivity index (χ3n) is 4.90. The number of carbonyl (C=O) groups is 3. The monoisotopic (exact) mass is 380 g/mol. The van der Waals surface area contributed by atoms with Crippen molar-refractivity contribution in [3.63, 3.8) is 0 Å². The Morgan fingerprint density at radius 3 is 2.57 bits per heavy atom. The molecule has 146 valence electrons. The van der Waals surface area contributed by atoms with E-state index in [1.54, 1.807) is 23.1 Å². The number of nitrogens with one attached hydrogen (secondary N) is 1. The molecule has 28 heavy (non-hydrogen) atoms. The summed E-state index contributed by atoms with van der Waals surface area (Å²) in [5.74, 6) is -1.18. The molecule has 0 aromatic heterocycles. The van der Waals surface area contributed by atoms with Crippen LogP contribution in [0.1, 0.15) is 52.4 Å². The van der Waals surface area contributed by atoms with Crippen molar-refractivity contribution in [3.8, 4) is 0 Å². The van der Waals surface area contributed by atoms with Gasteiger partial charge in [-0.15, -0.1) is 0 Å². The Bertz CT molecular complexity index is 876. The number of aryl methyl sites for hydroxylation is 1. The average molecular weight is 380 g/mol. The molecule has 6 heteroatoms. The maximum Gasteiger partial charge on any atom is 0.305 e. The lowest BCUT2D eigenvalue weighted by molar-refractivity contribution is -0.137. The molecule has 0 aliphatic carbocycles. The van der Waals surface area contributed by atoms with Crippen molar-refractivity contribution in [2.75, 3.05) is 6.54 Å². The molecule has 0 radical (unpaired) electrons. The Kier molecular flexibility index (Phi) is 6.09. The molecule has 1 aliphatic rings. The van der Waals surface area contributed by atoms with E-state index >= 15 is 0 Å². The quantitative estimate of drug-likeness (QED) is 0.773. The van der Waals surface area contributed by atoms with E-state index in [1.807, 2.05) is 37.3 Å². The molecule has 1 fully saturated rings. The fraction of sp³-hybridized carbons (Fsp3) is 0.318. The molecule has 0 spiro atoms. The second-order valence-electron chi connectivity index (χ2n) is 7.15. The molecule has 1 heterocycles. The summed E-state index contributed by atoms with van der Waals surface area (Å²) in [6.07, 6.45) is 1.25. The van der Waals surface area contributed by atoms with Gasteiger partial charge >= 0.3 is 5.97 Å². The number of carboxylic acids is 1. The van der Waals surface area contributed by atoms with Crippen LogP contribution in [0.2, 0.25) is 0 Å². The van der Waals surface area contributed by atoms with Gasteiger partial charge in [-0.2, -0.15) is 0 Å². The predicted octanol–water partition coefficient (Wildman–Crippen LogP) is 3.06. The van der Waals surface area contributed by atoms with Crippen LogP contribution in [0.25, 0.3) is 0 Å². The first-order chi connectivity index (χ1) is 13.4. The number of rotatable bonds is 7. The molecular formula is C22H24N2O4. The van der Waals surface area contributed by atoms with Crippen LogP contribution in [0.3, 0.4) is 0 Å². The van der Waals surface area contributed by atoms with Gasteiger partial charge in [-0.3, -0.25) is 14.4 Å². The molecule has 2 aromatic carbocycles. The molecule has 2 amide bonds. The van der Waals surface area contributed by atoms with E-state index in [0.29, 0.717) is 18.5 Å². The first kappa shape index (κ1) is 19.6. The fourth-order valence-electron chi connectivity index (χ4n) is 3.37. The maximum atomic E-state index is 12.7. The highest BCUT2D eigenvalue weighted by molar-refractivity contribution is 5.95. The van der Waals surface area contributed by atoms with Gasteiger partial charge in [0.2, 0.25) is 5.91 Å². The summed E-state index contributed by atoms with van der Waals surface area (Å²) in [5.41, 5.74) is 3.15. The van der Waals surface area contributed by atoms with Crippen LogP contribution < -0.4 is 5.32 Å². The Hall–Kier alpha value is -3.15. The number of likely N-dealkylation sites (tertiary alicyclic amines) is 1. The largest absolute Gasteiger partial charge is 0.481 e. The predicted molar refractivity (Wildman–Crippen MR) is 105 cm³/mol. The van der Waals surface area contributed by atoms with Gasteiger partial charge in [-0.05, 0) is 36.6 Å². The summed E-state index contributed by atoms with van der Waals surface area (Å²) in [5, 5.41) is 12.1. The second kappa shape index (κ2) is 8.69. The molecule has 6 nitrogen and oxygen atoms in total. The lowest BCUT2D eigenvalue weighted by Crippen LogP contribution is -2.30. The van der Waals surface area contributed by atoms with E-state index in [4.69, 9.17) is 0 Å². The van der Waals surface area contributed by atoms with Gasteiger partial charge in [0.25, 0.3) is 5.91 Å². The van der Waals surface area contributed by atoms with Crippen LogP contribution in [-0.2, 0) is 16.1 Å². The molecule has 2 N–H and O–H groups in total. The number of hydrogen-bond donors (Lipinski definition) is 2. The van der Waals surface area contributed by atoms with Gasteiger partial charge in [0, 0.05) is 25.1 Å². The van der Waals surface area contributed by atoms with Crippen LogP contribution >= 0.6 is 0 Å². The number of nitrogens with zero attached hydrogens (tertiary/aromatic N) is 1. The van der Waals surface area contributed by atoms with Gasteiger partial charge in [-0.1, -0.05) is 42.0 Å². The smallest absolute Gasteiger partial charge is 0.305 e. The van der Waals surface area contributed by atoms with Crippen molar-refractivity contribution in [2.24, 2.45) is 0 Å². The third kappa shape index (κ3) is 4.97. The number of carbonyl (C=O) groups excluding carboxylic acids is 2. The number of amides is 2. The van der Waals surface area contributed by atoms with Gasteiger partial charge in [0.1, 0.15) is 0 Å². The summed E-state index contributed by atoms with van der Waals surface area (Å²) in [6, 6.07) is 13.9. The zero-order chi connectivity index (χ0) is 20.1. The third-order valence-corrected chi connectivity index (χ3v) is 4.90. The van der Waals surface area contributed by atoms with Crippen LogP contribution in [0, 0.1) is 6.92 Å².